The molecule has 8 nitrogen and oxygen atoms in total. The predicted molar refractivity (Wildman–Crippen MR) is 163 cm³/mol. The molecule has 0 saturated carbocycles. The third-order valence-electron chi connectivity index (χ3n) is 7.16. The molecule has 0 fully saturated rings. The van der Waals surface area contributed by atoms with Gasteiger partial charge in [0.05, 0.1) is 11.5 Å². The molecule has 0 bridgehead atoms. The fraction of sp³-hybridized carbons (Fsp3) is 0.903. The minimum absolute atomic E-state index is 0.0286. The molecule has 0 rings (SSSR count). The molecule has 39 heavy (non-hydrogen) atoms. The van der Waals surface area contributed by atoms with Gasteiger partial charge >= 0.3 is 5.97 Å². The summed E-state index contributed by atoms with van der Waals surface area (Å²) in [5.74, 6) is 0.421. The standard InChI is InChI=1S/C31H62N4O4/c1-4-6-8-10-12-14-18-23-31(36)39-28-21-17-13-16-20-26-34(25-19-15-11-9-7-5-2)27-22-24-33-30(32-3)29-35(37)38/h29,32-33H,4-28H2,1-3H3/b30-29+. The van der Waals surface area contributed by atoms with Crippen molar-refractivity contribution >= 4 is 5.97 Å². The minimum atomic E-state index is -0.440. The summed E-state index contributed by atoms with van der Waals surface area (Å²) in [5, 5.41) is 16.6. The fourth-order valence-electron chi connectivity index (χ4n) is 4.73. The highest BCUT2D eigenvalue weighted by atomic mass is 16.6. The van der Waals surface area contributed by atoms with Gasteiger partial charge in [-0.3, -0.25) is 14.9 Å². The van der Waals surface area contributed by atoms with Gasteiger partial charge in [-0.15, -0.1) is 0 Å². The number of carbonyl (C=O) groups excluding carboxylic acids is 1. The zero-order chi connectivity index (χ0) is 28.8. The van der Waals surface area contributed by atoms with Gasteiger partial charge in [0.15, 0.2) is 5.82 Å². The van der Waals surface area contributed by atoms with Gasteiger partial charge < -0.3 is 20.3 Å². The Balaban J connectivity index is 3.99. The minimum Gasteiger partial charge on any atom is -0.466 e. The Labute approximate surface area is 240 Å². The van der Waals surface area contributed by atoms with Crippen molar-refractivity contribution < 1.29 is 14.5 Å². The van der Waals surface area contributed by atoms with Crippen molar-refractivity contribution in [2.45, 2.75) is 142 Å². The summed E-state index contributed by atoms with van der Waals surface area (Å²) in [6, 6.07) is 0. The number of nitro groups is 1. The predicted octanol–water partition coefficient (Wildman–Crippen LogP) is 7.56. The van der Waals surface area contributed by atoms with Crippen molar-refractivity contribution in [2.24, 2.45) is 0 Å². The van der Waals surface area contributed by atoms with Gasteiger partial charge in [-0.25, -0.2) is 0 Å². The van der Waals surface area contributed by atoms with Gasteiger partial charge in [0.25, 0.3) is 6.20 Å². The quantitative estimate of drug-likeness (QED) is 0.0409. The van der Waals surface area contributed by atoms with Crippen LogP contribution in [0.25, 0.3) is 0 Å². The van der Waals surface area contributed by atoms with Crippen molar-refractivity contribution in [1.29, 1.82) is 0 Å². The molecule has 0 amide bonds. The van der Waals surface area contributed by atoms with E-state index in [1.165, 1.54) is 89.9 Å². The van der Waals surface area contributed by atoms with Crippen LogP contribution in [0.3, 0.4) is 0 Å². The van der Waals surface area contributed by atoms with Crippen LogP contribution in [-0.2, 0) is 9.53 Å². The number of hydrogen-bond acceptors (Lipinski definition) is 7. The third kappa shape index (κ3) is 27.5. The summed E-state index contributed by atoms with van der Waals surface area (Å²) in [4.78, 5) is 24.7. The lowest BCUT2D eigenvalue weighted by molar-refractivity contribution is -0.404. The van der Waals surface area contributed by atoms with Crippen LogP contribution >= 0.6 is 0 Å². The number of unbranched alkanes of at least 4 members (excludes halogenated alkanes) is 15. The van der Waals surface area contributed by atoms with E-state index >= 15 is 0 Å². The number of rotatable bonds is 30. The highest BCUT2D eigenvalue weighted by Crippen LogP contribution is 2.11. The second kappa shape index (κ2) is 29.2. The number of nitrogens with zero attached hydrogens (tertiary/aromatic N) is 2. The Hall–Kier alpha value is -1.83. The summed E-state index contributed by atoms with van der Waals surface area (Å²) in [7, 11) is 1.69. The molecule has 8 heteroatoms. The Morgan fingerprint density at radius 2 is 1.23 bits per heavy atom. The van der Waals surface area contributed by atoms with E-state index in [-0.39, 0.29) is 5.97 Å². The number of ether oxygens (including phenoxy) is 1. The second-order valence-electron chi connectivity index (χ2n) is 10.8. The van der Waals surface area contributed by atoms with Gasteiger partial charge in [-0.1, -0.05) is 104 Å². The first kappa shape index (κ1) is 37.2. The van der Waals surface area contributed by atoms with E-state index in [1.807, 2.05) is 0 Å². The number of carbonyl (C=O) groups is 1. The highest BCUT2D eigenvalue weighted by Gasteiger charge is 2.07. The van der Waals surface area contributed by atoms with Crippen LogP contribution in [0.2, 0.25) is 0 Å². The van der Waals surface area contributed by atoms with Gasteiger partial charge in [0.1, 0.15) is 0 Å². The van der Waals surface area contributed by atoms with E-state index in [1.54, 1.807) is 7.05 Å². The average Bonchev–Trinajstić information content (AvgIpc) is 2.92. The van der Waals surface area contributed by atoms with Crippen molar-refractivity contribution in [1.82, 2.24) is 15.5 Å². The van der Waals surface area contributed by atoms with Crippen LogP contribution in [0.5, 0.6) is 0 Å². The summed E-state index contributed by atoms with van der Waals surface area (Å²) < 4.78 is 5.41. The van der Waals surface area contributed by atoms with Crippen molar-refractivity contribution in [2.75, 3.05) is 39.8 Å². The zero-order valence-electron chi connectivity index (χ0n) is 25.8. The first-order valence-electron chi connectivity index (χ1n) is 16.2. The van der Waals surface area contributed by atoms with Gasteiger partial charge in [-0.2, -0.15) is 0 Å². The van der Waals surface area contributed by atoms with Crippen molar-refractivity contribution in [3.05, 3.63) is 22.1 Å². The first-order valence-corrected chi connectivity index (χ1v) is 16.2. The molecular formula is C31H62N4O4. The molecular weight excluding hydrogens is 492 g/mol. The molecule has 0 aromatic carbocycles. The maximum Gasteiger partial charge on any atom is 0.305 e. The molecule has 0 radical (unpaired) electrons. The maximum atomic E-state index is 11.9. The summed E-state index contributed by atoms with van der Waals surface area (Å²) in [5.41, 5.74) is 0. The Morgan fingerprint density at radius 1 is 0.744 bits per heavy atom. The second-order valence-corrected chi connectivity index (χ2v) is 10.8. The molecule has 230 valence electrons. The number of hydrogen-bond donors (Lipinski definition) is 2. The summed E-state index contributed by atoms with van der Waals surface area (Å²) in [6.07, 6.45) is 24.5. The summed E-state index contributed by atoms with van der Waals surface area (Å²) >= 11 is 0. The first-order chi connectivity index (χ1) is 19.0. The lowest BCUT2D eigenvalue weighted by Gasteiger charge is -2.22. The van der Waals surface area contributed by atoms with Crippen LogP contribution in [0.4, 0.5) is 0 Å². The molecule has 0 saturated heterocycles. The van der Waals surface area contributed by atoms with Crippen LogP contribution in [0.15, 0.2) is 12.0 Å². The molecule has 0 aliphatic heterocycles. The summed E-state index contributed by atoms with van der Waals surface area (Å²) in [6.45, 7) is 9.00. The van der Waals surface area contributed by atoms with E-state index in [0.717, 1.165) is 57.9 Å². The van der Waals surface area contributed by atoms with E-state index in [2.05, 4.69) is 29.4 Å². The molecule has 2 N–H and O–H groups in total. The normalized spacial score (nSPS) is 11.6. The largest absolute Gasteiger partial charge is 0.466 e. The Bertz CT molecular complexity index is 601. The molecule has 0 aromatic rings. The van der Waals surface area contributed by atoms with Gasteiger partial charge in [0.2, 0.25) is 0 Å². The van der Waals surface area contributed by atoms with Crippen LogP contribution in [-0.4, -0.2) is 55.6 Å². The lowest BCUT2D eigenvalue weighted by Crippen LogP contribution is -2.31. The topological polar surface area (TPSA) is 96.7 Å². The molecule has 0 spiro atoms. The Kier molecular flexibility index (Phi) is 27.8. The highest BCUT2D eigenvalue weighted by molar-refractivity contribution is 5.69. The van der Waals surface area contributed by atoms with Gasteiger partial charge in [0, 0.05) is 20.0 Å². The monoisotopic (exact) mass is 554 g/mol. The SMILES string of the molecule is CCCCCCCCCC(=O)OCCCCCCCN(CCCCCCCC)CCCN/C(=C/[N+](=O)[O-])NC. The molecule has 0 aliphatic rings. The van der Waals surface area contributed by atoms with Crippen LogP contribution in [0.1, 0.15) is 142 Å². The molecule has 0 aromatic heterocycles. The average molecular weight is 555 g/mol. The fourth-order valence-corrected chi connectivity index (χ4v) is 4.73. The number of esters is 1. The van der Waals surface area contributed by atoms with Gasteiger partial charge in [-0.05, 0) is 51.7 Å². The number of nitrogens with one attached hydrogen (secondary N) is 2. The third-order valence-corrected chi connectivity index (χ3v) is 7.16. The molecule has 0 unspecified atom stereocenters. The van der Waals surface area contributed by atoms with Crippen molar-refractivity contribution in [3.63, 3.8) is 0 Å². The smallest absolute Gasteiger partial charge is 0.305 e. The van der Waals surface area contributed by atoms with E-state index in [9.17, 15) is 14.9 Å². The molecule has 0 aliphatic carbocycles. The zero-order valence-corrected chi connectivity index (χ0v) is 25.8. The Morgan fingerprint density at radius 3 is 1.77 bits per heavy atom. The van der Waals surface area contributed by atoms with E-state index in [4.69, 9.17) is 4.74 Å². The van der Waals surface area contributed by atoms with Crippen LogP contribution < -0.4 is 10.6 Å². The molecule has 0 atom stereocenters. The maximum absolute atomic E-state index is 11.9. The molecule has 0 heterocycles. The van der Waals surface area contributed by atoms with E-state index < -0.39 is 4.92 Å². The lowest BCUT2D eigenvalue weighted by atomic mass is 10.1. The van der Waals surface area contributed by atoms with Crippen molar-refractivity contribution in [3.8, 4) is 0 Å². The van der Waals surface area contributed by atoms with E-state index in [0.29, 0.717) is 25.4 Å². The van der Waals surface area contributed by atoms with Crippen LogP contribution in [0, 0.1) is 10.1 Å².